The molecule has 0 saturated heterocycles. The first-order valence-corrected chi connectivity index (χ1v) is 10.0. The maximum absolute atomic E-state index is 11.7. The lowest BCUT2D eigenvalue weighted by molar-refractivity contribution is -0.141. The summed E-state index contributed by atoms with van der Waals surface area (Å²) in [7, 11) is 1.40. The molecule has 4 aromatic rings. The van der Waals surface area contributed by atoms with Crippen LogP contribution in [0.15, 0.2) is 67.1 Å². The highest BCUT2D eigenvalue weighted by atomic mass is 16.5. The van der Waals surface area contributed by atoms with Crippen LogP contribution < -0.4 is 5.32 Å². The van der Waals surface area contributed by atoms with Crippen LogP contribution in [-0.4, -0.2) is 33.7 Å². The molecule has 0 saturated carbocycles. The minimum Gasteiger partial charge on any atom is -0.468 e. The van der Waals surface area contributed by atoms with E-state index in [1.54, 1.807) is 6.33 Å². The second-order valence-electron chi connectivity index (χ2n) is 7.60. The zero-order valence-electron chi connectivity index (χ0n) is 16.7. The molecule has 6 nitrogen and oxygen atoms in total. The van der Waals surface area contributed by atoms with E-state index in [2.05, 4.69) is 45.6 Å². The van der Waals surface area contributed by atoms with Gasteiger partial charge in [-0.15, -0.1) is 0 Å². The monoisotopic (exact) mass is 398 g/mol. The lowest BCUT2D eigenvalue weighted by atomic mass is 10.1. The van der Waals surface area contributed by atoms with Crippen molar-refractivity contribution in [2.45, 2.75) is 25.4 Å². The Kier molecular flexibility index (Phi) is 4.67. The Balaban J connectivity index is 1.39. The Morgan fingerprint density at radius 2 is 1.90 bits per heavy atom. The van der Waals surface area contributed by atoms with Gasteiger partial charge in [-0.3, -0.25) is 4.79 Å². The number of benzene rings is 2. The second-order valence-corrected chi connectivity index (χ2v) is 7.60. The molecule has 5 rings (SSSR count). The van der Waals surface area contributed by atoms with Gasteiger partial charge in [-0.1, -0.05) is 36.4 Å². The van der Waals surface area contributed by atoms with E-state index in [0.717, 1.165) is 40.8 Å². The van der Waals surface area contributed by atoms with Crippen molar-refractivity contribution in [3.8, 4) is 11.3 Å². The molecule has 150 valence electrons. The van der Waals surface area contributed by atoms with Crippen LogP contribution in [0.25, 0.3) is 22.2 Å². The minimum atomic E-state index is -0.274. The van der Waals surface area contributed by atoms with Gasteiger partial charge in [-0.2, -0.15) is 0 Å². The highest BCUT2D eigenvalue weighted by molar-refractivity contribution is 5.86. The molecule has 1 N–H and O–H groups in total. The highest BCUT2D eigenvalue weighted by Crippen LogP contribution is 2.27. The van der Waals surface area contributed by atoms with Crippen LogP contribution in [0.1, 0.15) is 11.1 Å². The molecule has 6 heteroatoms. The minimum absolute atomic E-state index is 0.183. The van der Waals surface area contributed by atoms with Gasteiger partial charge >= 0.3 is 5.97 Å². The van der Waals surface area contributed by atoms with E-state index in [0.29, 0.717) is 6.04 Å². The van der Waals surface area contributed by atoms with Crippen LogP contribution in [-0.2, 0) is 28.9 Å². The fraction of sp³-hybridized carbons (Fsp3) is 0.208. The van der Waals surface area contributed by atoms with E-state index in [-0.39, 0.29) is 12.5 Å². The van der Waals surface area contributed by atoms with Crippen LogP contribution >= 0.6 is 0 Å². The average molecular weight is 398 g/mol. The molecule has 0 bridgehead atoms. The molecule has 2 aromatic heterocycles. The molecule has 0 unspecified atom stereocenters. The number of nitrogens with zero attached hydrogens (tertiary/aromatic N) is 3. The lowest BCUT2D eigenvalue weighted by Crippen LogP contribution is -2.20. The van der Waals surface area contributed by atoms with Crippen molar-refractivity contribution in [1.29, 1.82) is 0 Å². The van der Waals surface area contributed by atoms with Crippen LogP contribution in [0.4, 0.5) is 5.82 Å². The summed E-state index contributed by atoms with van der Waals surface area (Å²) in [5, 5.41) is 4.63. The van der Waals surface area contributed by atoms with E-state index in [1.165, 1.54) is 18.2 Å². The van der Waals surface area contributed by atoms with Gasteiger partial charge in [-0.05, 0) is 41.5 Å². The number of fused-ring (bicyclic) bond motifs is 2. The largest absolute Gasteiger partial charge is 0.468 e. The van der Waals surface area contributed by atoms with Gasteiger partial charge in [0.1, 0.15) is 18.7 Å². The number of anilines is 1. The lowest BCUT2D eigenvalue weighted by Gasteiger charge is -2.13. The molecule has 0 amide bonds. The number of nitrogens with one attached hydrogen (secondary N) is 1. The maximum atomic E-state index is 11.7. The zero-order valence-corrected chi connectivity index (χ0v) is 16.7. The van der Waals surface area contributed by atoms with Gasteiger partial charge < -0.3 is 14.6 Å². The predicted molar refractivity (Wildman–Crippen MR) is 116 cm³/mol. The summed E-state index contributed by atoms with van der Waals surface area (Å²) in [5.41, 5.74) is 5.60. The van der Waals surface area contributed by atoms with Crippen LogP contribution in [0.2, 0.25) is 0 Å². The number of aromatic nitrogens is 3. The molecule has 2 aromatic carbocycles. The molecule has 0 aliphatic heterocycles. The molecule has 0 atom stereocenters. The normalized spacial score (nSPS) is 13.4. The molecule has 30 heavy (non-hydrogen) atoms. The number of methoxy groups -OCH3 is 1. The summed E-state index contributed by atoms with van der Waals surface area (Å²) >= 11 is 0. The standard InChI is InChI=1S/C24H22N4O2/c1-30-24(29)14-28-9-8-16-6-7-19(12-22(16)28)21-13-23(26-15-25-21)27-20-10-17-4-2-3-5-18(17)11-20/h2-9,12-13,15,20H,10-11,14H2,1H3,(H,25,26,27). The Morgan fingerprint density at radius 1 is 1.10 bits per heavy atom. The van der Waals surface area contributed by atoms with Gasteiger partial charge in [-0.25, -0.2) is 9.97 Å². The molecule has 0 radical (unpaired) electrons. The number of esters is 1. The number of carbonyl (C=O) groups excluding carboxylic acids is 1. The predicted octanol–water partition coefficient (Wildman–Crippen LogP) is 3.85. The zero-order chi connectivity index (χ0) is 20.5. The van der Waals surface area contributed by atoms with Crippen LogP contribution in [0.3, 0.4) is 0 Å². The van der Waals surface area contributed by atoms with E-state index in [9.17, 15) is 4.79 Å². The van der Waals surface area contributed by atoms with Crippen molar-refractivity contribution >= 4 is 22.7 Å². The molecule has 0 fully saturated rings. The number of ether oxygens (including phenoxy) is 1. The van der Waals surface area contributed by atoms with Gasteiger partial charge in [0, 0.05) is 29.4 Å². The van der Waals surface area contributed by atoms with E-state index < -0.39 is 0 Å². The van der Waals surface area contributed by atoms with E-state index >= 15 is 0 Å². The molecule has 1 aliphatic rings. The Hall–Kier alpha value is -3.67. The first-order chi connectivity index (χ1) is 14.7. The third kappa shape index (κ3) is 3.52. The molecular weight excluding hydrogens is 376 g/mol. The number of hydrogen-bond acceptors (Lipinski definition) is 5. The number of hydrogen-bond donors (Lipinski definition) is 1. The Labute approximate surface area is 174 Å². The summed E-state index contributed by atoms with van der Waals surface area (Å²) in [6.07, 6.45) is 5.50. The Morgan fingerprint density at radius 3 is 2.67 bits per heavy atom. The summed E-state index contributed by atoms with van der Waals surface area (Å²) in [4.78, 5) is 20.6. The van der Waals surface area contributed by atoms with Gasteiger partial charge in [0.2, 0.25) is 0 Å². The molecular formula is C24H22N4O2. The SMILES string of the molecule is COC(=O)Cn1ccc2ccc(-c3cc(NC4Cc5ccccc5C4)ncn3)cc21. The van der Waals surface area contributed by atoms with E-state index in [1.807, 2.05) is 35.0 Å². The fourth-order valence-corrected chi connectivity index (χ4v) is 4.15. The van der Waals surface area contributed by atoms with Crippen molar-refractivity contribution in [2.75, 3.05) is 12.4 Å². The smallest absolute Gasteiger partial charge is 0.325 e. The molecule has 1 aliphatic carbocycles. The summed E-state index contributed by atoms with van der Waals surface area (Å²) in [5.74, 6) is 0.548. The van der Waals surface area contributed by atoms with Crippen molar-refractivity contribution in [3.05, 3.63) is 78.2 Å². The molecule has 2 heterocycles. The topological polar surface area (TPSA) is 69.0 Å². The van der Waals surface area contributed by atoms with Gasteiger partial charge in [0.15, 0.2) is 0 Å². The highest BCUT2D eigenvalue weighted by Gasteiger charge is 2.21. The van der Waals surface area contributed by atoms with Crippen LogP contribution in [0.5, 0.6) is 0 Å². The second kappa shape index (κ2) is 7.63. The van der Waals surface area contributed by atoms with E-state index in [4.69, 9.17) is 4.74 Å². The van der Waals surface area contributed by atoms with Crippen molar-refractivity contribution in [2.24, 2.45) is 0 Å². The van der Waals surface area contributed by atoms with Crippen molar-refractivity contribution in [1.82, 2.24) is 14.5 Å². The maximum Gasteiger partial charge on any atom is 0.325 e. The number of rotatable bonds is 5. The average Bonchev–Trinajstić information content (AvgIpc) is 3.36. The third-order valence-electron chi connectivity index (χ3n) is 5.67. The number of carbonyl (C=O) groups is 1. The third-order valence-corrected chi connectivity index (χ3v) is 5.67. The van der Waals surface area contributed by atoms with Gasteiger partial charge in [0.05, 0.1) is 12.8 Å². The first-order valence-electron chi connectivity index (χ1n) is 10.0. The summed E-state index contributed by atoms with van der Waals surface area (Å²) < 4.78 is 6.69. The van der Waals surface area contributed by atoms with Gasteiger partial charge in [0.25, 0.3) is 0 Å². The fourth-order valence-electron chi connectivity index (χ4n) is 4.15. The first kappa shape index (κ1) is 18.4. The quantitative estimate of drug-likeness (QED) is 0.517. The van der Waals surface area contributed by atoms with Crippen molar-refractivity contribution < 1.29 is 9.53 Å². The summed E-state index contributed by atoms with van der Waals surface area (Å²) in [6.45, 7) is 0.183. The Bertz CT molecular complexity index is 1210. The summed E-state index contributed by atoms with van der Waals surface area (Å²) in [6, 6.07) is 19.0. The molecule has 0 spiro atoms. The van der Waals surface area contributed by atoms with Crippen LogP contribution in [0, 0.1) is 0 Å². The van der Waals surface area contributed by atoms with Crippen molar-refractivity contribution in [3.63, 3.8) is 0 Å².